The van der Waals surface area contributed by atoms with Crippen LogP contribution >= 0.6 is 0 Å². The average Bonchev–Trinajstić information content (AvgIpc) is 2.76. The fourth-order valence-electron chi connectivity index (χ4n) is 2.64. The quantitative estimate of drug-likeness (QED) is 0.830. The van der Waals surface area contributed by atoms with Gasteiger partial charge in [-0.1, -0.05) is 25.0 Å². The van der Waals surface area contributed by atoms with E-state index in [1.54, 1.807) is 28.6 Å². The zero-order chi connectivity index (χ0) is 16.9. The molecule has 0 amide bonds. The predicted octanol–water partition coefficient (Wildman–Crippen LogP) is 1.34. The molecule has 0 saturated carbocycles. The minimum Gasteiger partial charge on any atom is -0.215 e. The van der Waals surface area contributed by atoms with Crippen LogP contribution in [0.25, 0.3) is 0 Å². The summed E-state index contributed by atoms with van der Waals surface area (Å²) in [7, 11) is -6.62. The summed E-state index contributed by atoms with van der Waals surface area (Å²) in [5.41, 5.74) is 0.899. The van der Waals surface area contributed by atoms with Crippen molar-refractivity contribution in [3.8, 4) is 0 Å². The van der Waals surface area contributed by atoms with Gasteiger partial charge in [0.2, 0.25) is 20.0 Å². The van der Waals surface area contributed by atoms with E-state index in [4.69, 9.17) is 0 Å². The summed E-state index contributed by atoms with van der Waals surface area (Å²) in [5, 5.41) is 0. The van der Waals surface area contributed by atoms with E-state index >= 15 is 0 Å². The fourth-order valence-corrected chi connectivity index (χ4v) is 4.63. The maximum atomic E-state index is 12.6. The van der Waals surface area contributed by atoms with Crippen LogP contribution in [-0.2, 0) is 26.5 Å². The molecule has 0 spiro atoms. The maximum Gasteiger partial charge on any atom is 0.243 e. The van der Waals surface area contributed by atoms with Gasteiger partial charge in [-0.15, -0.1) is 0 Å². The van der Waals surface area contributed by atoms with Crippen LogP contribution in [0.1, 0.15) is 31.2 Å². The summed E-state index contributed by atoms with van der Waals surface area (Å²) in [5.74, 6) is 0. The molecule has 0 aromatic heterocycles. The summed E-state index contributed by atoms with van der Waals surface area (Å²) < 4.78 is 51.3. The Morgan fingerprint density at radius 1 is 0.957 bits per heavy atom. The third-order valence-electron chi connectivity index (χ3n) is 3.90. The second-order valence-corrected chi connectivity index (χ2v) is 9.65. The zero-order valence-corrected chi connectivity index (χ0v) is 15.0. The molecule has 0 atom stereocenters. The lowest BCUT2D eigenvalue weighted by Crippen LogP contribution is -2.31. The largest absolute Gasteiger partial charge is 0.243 e. The highest BCUT2D eigenvalue weighted by Gasteiger charge is 2.24. The minimum atomic E-state index is -3.42. The van der Waals surface area contributed by atoms with Crippen LogP contribution in [0.4, 0.5) is 0 Å². The van der Waals surface area contributed by atoms with Crippen molar-refractivity contribution in [1.82, 2.24) is 9.03 Å². The maximum absolute atomic E-state index is 12.6. The van der Waals surface area contributed by atoms with Crippen LogP contribution in [0.15, 0.2) is 29.2 Å². The van der Waals surface area contributed by atoms with E-state index in [1.165, 1.54) is 0 Å². The third-order valence-corrected chi connectivity index (χ3v) is 6.55. The van der Waals surface area contributed by atoms with Gasteiger partial charge in [-0.2, -0.15) is 4.31 Å². The number of benzene rings is 1. The topological polar surface area (TPSA) is 83.5 Å². The molecule has 1 N–H and O–H groups in total. The molecular formula is C15H24N2O4S2. The monoisotopic (exact) mass is 360 g/mol. The van der Waals surface area contributed by atoms with Gasteiger partial charge >= 0.3 is 0 Å². The van der Waals surface area contributed by atoms with Crippen molar-refractivity contribution in [2.45, 2.75) is 37.0 Å². The smallest absolute Gasteiger partial charge is 0.215 e. The molecule has 0 bridgehead atoms. The van der Waals surface area contributed by atoms with Crippen LogP contribution in [0.2, 0.25) is 0 Å². The standard InChI is InChI=1S/C15H24N2O4S2/c1-22(18,19)16-11-10-14-6-8-15(9-7-14)23(20,21)17-12-4-2-3-5-13-17/h6-9,16H,2-5,10-13H2,1H3. The first-order valence-electron chi connectivity index (χ1n) is 7.83. The minimum absolute atomic E-state index is 0.303. The Labute approximate surface area is 139 Å². The normalized spacial score (nSPS) is 17.8. The van der Waals surface area contributed by atoms with Crippen LogP contribution in [0.3, 0.4) is 0 Å². The van der Waals surface area contributed by atoms with Gasteiger partial charge in [0.05, 0.1) is 11.2 Å². The lowest BCUT2D eigenvalue weighted by molar-refractivity contribution is 0.423. The highest BCUT2D eigenvalue weighted by Crippen LogP contribution is 2.20. The van der Waals surface area contributed by atoms with Gasteiger partial charge < -0.3 is 0 Å². The third kappa shape index (κ3) is 5.56. The first kappa shape index (κ1) is 18.4. The Morgan fingerprint density at radius 3 is 2.04 bits per heavy atom. The first-order valence-corrected chi connectivity index (χ1v) is 11.2. The lowest BCUT2D eigenvalue weighted by Gasteiger charge is -2.20. The first-order chi connectivity index (χ1) is 10.8. The van der Waals surface area contributed by atoms with E-state index < -0.39 is 20.0 Å². The second kappa shape index (κ2) is 7.74. The van der Waals surface area contributed by atoms with Crippen molar-refractivity contribution in [3.63, 3.8) is 0 Å². The molecular weight excluding hydrogens is 336 g/mol. The summed E-state index contributed by atoms with van der Waals surface area (Å²) in [6.07, 6.45) is 5.63. The summed E-state index contributed by atoms with van der Waals surface area (Å²) in [4.78, 5) is 0.305. The number of nitrogens with one attached hydrogen (secondary N) is 1. The SMILES string of the molecule is CS(=O)(=O)NCCc1ccc(S(=O)(=O)N2CCCCCC2)cc1. The Kier molecular flexibility index (Phi) is 6.19. The van der Waals surface area contributed by atoms with E-state index in [2.05, 4.69) is 4.72 Å². The molecule has 1 aromatic carbocycles. The van der Waals surface area contributed by atoms with Gasteiger partial charge in [-0.05, 0) is 37.0 Å². The van der Waals surface area contributed by atoms with E-state index in [0.29, 0.717) is 31.0 Å². The Bertz CT molecular complexity index is 704. The molecule has 0 unspecified atom stereocenters. The predicted molar refractivity (Wildman–Crippen MR) is 90.2 cm³/mol. The molecule has 1 saturated heterocycles. The van der Waals surface area contributed by atoms with Crippen molar-refractivity contribution >= 4 is 20.0 Å². The van der Waals surface area contributed by atoms with Gasteiger partial charge in [0, 0.05) is 19.6 Å². The van der Waals surface area contributed by atoms with Gasteiger partial charge in [0.15, 0.2) is 0 Å². The molecule has 6 nitrogen and oxygen atoms in total. The lowest BCUT2D eigenvalue weighted by atomic mass is 10.2. The van der Waals surface area contributed by atoms with E-state index in [1.807, 2.05) is 0 Å². The van der Waals surface area contributed by atoms with Gasteiger partial charge in [0.25, 0.3) is 0 Å². The molecule has 1 heterocycles. The van der Waals surface area contributed by atoms with Crippen molar-refractivity contribution in [2.24, 2.45) is 0 Å². The van der Waals surface area contributed by atoms with Gasteiger partial charge in [-0.25, -0.2) is 21.6 Å². The average molecular weight is 361 g/mol. The molecule has 8 heteroatoms. The molecule has 130 valence electrons. The number of hydrogen-bond acceptors (Lipinski definition) is 4. The number of hydrogen-bond donors (Lipinski definition) is 1. The van der Waals surface area contributed by atoms with Crippen molar-refractivity contribution < 1.29 is 16.8 Å². The Morgan fingerprint density at radius 2 is 1.52 bits per heavy atom. The Hall–Kier alpha value is -0.960. The molecule has 1 aliphatic rings. The molecule has 1 aliphatic heterocycles. The summed E-state index contributed by atoms with van der Waals surface area (Å²) in [6.45, 7) is 1.47. The molecule has 1 aromatic rings. The highest BCUT2D eigenvalue weighted by molar-refractivity contribution is 7.89. The molecule has 2 rings (SSSR count). The van der Waals surface area contributed by atoms with Crippen molar-refractivity contribution in [2.75, 3.05) is 25.9 Å². The number of sulfonamides is 2. The molecule has 0 radical (unpaired) electrons. The van der Waals surface area contributed by atoms with E-state index in [9.17, 15) is 16.8 Å². The summed E-state index contributed by atoms with van der Waals surface area (Å²) in [6, 6.07) is 6.70. The van der Waals surface area contributed by atoms with E-state index in [0.717, 1.165) is 37.5 Å². The molecule has 1 fully saturated rings. The summed E-state index contributed by atoms with van der Waals surface area (Å²) >= 11 is 0. The zero-order valence-electron chi connectivity index (χ0n) is 13.4. The van der Waals surface area contributed by atoms with Crippen LogP contribution < -0.4 is 4.72 Å². The molecule has 23 heavy (non-hydrogen) atoms. The van der Waals surface area contributed by atoms with Gasteiger partial charge in [0.1, 0.15) is 0 Å². The van der Waals surface area contributed by atoms with Crippen molar-refractivity contribution in [1.29, 1.82) is 0 Å². The van der Waals surface area contributed by atoms with E-state index in [-0.39, 0.29) is 0 Å². The van der Waals surface area contributed by atoms with Crippen LogP contribution in [0.5, 0.6) is 0 Å². The number of rotatable bonds is 6. The second-order valence-electron chi connectivity index (χ2n) is 5.88. The molecule has 0 aliphatic carbocycles. The fraction of sp³-hybridized carbons (Fsp3) is 0.600. The van der Waals surface area contributed by atoms with Crippen LogP contribution in [0, 0.1) is 0 Å². The number of nitrogens with zero attached hydrogens (tertiary/aromatic N) is 1. The van der Waals surface area contributed by atoms with Gasteiger partial charge in [-0.3, -0.25) is 0 Å². The highest BCUT2D eigenvalue weighted by atomic mass is 32.2. The Balaban J connectivity index is 2.03. The van der Waals surface area contributed by atoms with Crippen LogP contribution in [-0.4, -0.2) is 47.0 Å². The van der Waals surface area contributed by atoms with Crippen molar-refractivity contribution in [3.05, 3.63) is 29.8 Å².